The fourth-order valence-corrected chi connectivity index (χ4v) is 0.911. The van der Waals surface area contributed by atoms with E-state index < -0.39 is 0 Å². The number of carbonyl (C=O) groups excluding carboxylic acids is 1. The van der Waals surface area contributed by atoms with Crippen LogP contribution in [0, 0.1) is 0 Å². The molecule has 2 aromatic carbocycles. The Morgan fingerprint density at radius 3 is 2.20 bits per heavy atom. The van der Waals surface area contributed by atoms with Gasteiger partial charge in [0.2, 0.25) is 0 Å². The summed E-state index contributed by atoms with van der Waals surface area (Å²) in [6, 6.07) is 17.1. The molecule has 0 unspecified atom stereocenters. The summed E-state index contributed by atoms with van der Waals surface area (Å²) < 4.78 is 4.72. The number of rotatable bonds is 1. The predicted molar refractivity (Wildman–Crippen MR) is 55.4 cm³/mol. The van der Waals surface area contributed by atoms with Gasteiger partial charge in [-0.15, -0.1) is 6.07 Å². The largest absolute Gasteiger partial charge is 2.00 e. The van der Waals surface area contributed by atoms with Crippen LogP contribution in [0.15, 0.2) is 54.6 Å². The molecule has 0 atom stereocenters. The van der Waals surface area contributed by atoms with Crippen LogP contribution in [-0.4, -0.2) is 5.97 Å². The van der Waals surface area contributed by atoms with Gasteiger partial charge in [-0.1, -0.05) is 0 Å². The molecule has 0 bridgehead atoms. The molecule has 80 valence electrons. The molecule has 0 radical (unpaired) electrons. The Labute approximate surface area is 100 Å². The second-order valence-electron chi connectivity index (χ2n) is 2.68. The van der Waals surface area contributed by atoms with Crippen molar-refractivity contribution < 1.29 is 26.6 Å². The van der Waals surface area contributed by atoms with Crippen LogP contribution in [0.4, 0.5) is 0 Å². The molecular weight excluding hydrogens is 232 g/mol. The maximum atomic E-state index is 10.3. The Morgan fingerprint density at radius 2 is 1.87 bits per heavy atom. The van der Waals surface area contributed by atoms with Gasteiger partial charge >= 0.3 is 23.0 Å². The first-order chi connectivity index (χ1) is 6.79. The van der Waals surface area contributed by atoms with Crippen molar-refractivity contribution in [3.05, 3.63) is 54.6 Å². The third-order valence-electron chi connectivity index (χ3n) is 1.45. The fourth-order valence-electron chi connectivity index (χ4n) is 0.911. The standard InChI is InChI=1S/C7H7O2.C5H5.Fe/c1-6(8)9-7-4-2-3-5-7;1-2-4-5-3-1;/h2-5H,1H3;1-5H;/q2*-1;+2. The first-order valence-electron chi connectivity index (χ1n) is 4.36. The van der Waals surface area contributed by atoms with Gasteiger partial charge in [0, 0.05) is 12.7 Å². The molecule has 2 rings (SSSR count). The van der Waals surface area contributed by atoms with E-state index in [0.717, 1.165) is 0 Å². The zero-order valence-corrected chi connectivity index (χ0v) is 9.47. The van der Waals surface area contributed by atoms with Crippen molar-refractivity contribution in [2.24, 2.45) is 0 Å². The maximum Gasteiger partial charge on any atom is 2.00 e. The minimum Gasteiger partial charge on any atom is -0.454 e. The molecule has 0 saturated carbocycles. The van der Waals surface area contributed by atoms with Gasteiger partial charge in [0.25, 0.3) is 0 Å². The van der Waals surface area contributed by atoms with E-state index in [0.29, 0.717) is 5.75 Å². The summed E-state index contributed by atoms with van der Waals surface area (Å²) in [6.07, 6.45) is 0. The molecule has 15 heavy (non-hydrogen) atoms. The SMILES string of the molecule is CC(=O)Oc1ccc[cH-]1.[Fe+2].c1cc[cH-]c1. The van der Waals surface area contributed by atoms with Crippen molar-refractivity contribution in [1.29, 1.82) is 0 Å². The molecular formula is C12H12FeO2. The second kappa shape index (κ2) is 8.04. The van der Waals surface area contributed by atoms with Crippen LogP contribution in [0.1, 0.15) is 6.92 Å². The number of carbonyl (C=O) groups is 1. The maximum absolute atomic E-state index is 10.3. The van der Waals surface area contributed by atoms with Crippen LogP contribution < -0.4 is 4.74 Å². The fraction of sp³-hybridized carbons (Fsp3) is 0.0833. The third kappa shape index (κ3) is 6.72. The molecule has 3 heteroatoms. The van der Waals surface area contributed by atoms with Crippen LogP contribution in [0.2, 0.25) is 0 Å². The van der Waals surface area contributed by atoms with Crippen LogP contribution in [-0.2, 0) is 21.9 Å². The minimum absolute atomic E-state index is 0. The number of ether oxygens (including phenoxy) is 1. The van der Waals surface area contributed by atoms with Crippen LogP contribution in [0.25, 0.3) is 0 Å². The minimum atomic E-state index is -0.277. The van der Waals surface area contributed by atoms with Gasteiger partial charge in [0.1, 0.15) is 0 Å². The van der Waals surface area contributed by atoms with E-state index in [9.17, 15) is 4.79 Å². The third-order valence-corrected chi connectivity index (χ3v) is 1.45. The van der Waals surface area contributed by atoms with Crippen LogP contribution >= 0.6 is 0 Å². The van der Waals surface area contributed by atoms with E-state index >= 15 is 0 Å². The van der Waals surface area contributed by atoms with Crippen LogP contribution in [0.5, 0.6) is 5.75 Å². The predicted octanol–water partition coefficient (Wildman–Crippen LogP) is 2.73. The summed E-state index contributed by atoms with van der Waals surface area (Å²) in [5.74, 6) is 0.337. The molecule has 0 heterocycles. The summed E-state index contributed by atoms with van der Waals surface area (Å²) in [5.41, 5.74) is 0. The Bertz CT molecular complexity index is 318. The molecule has 0 aliphatic carbocycles. The quantitative estimate of drug-likeness (QED) is 0.438. The number of hydrogen-bond donors (Lipinski definition) is 0. The molecule has 2 nitrogen and oxygen atoms in total. The molecule has 2 aromatic rings. The van der Waals surface area contributed by atoms with Gasteiger partial charge < -0.3 is 4.74 Å². The molecule has 0 saturated heterocycles. The average molecular weight is 244 g/mol. The van der Waals surface area contributed by atoms with Gasteiger partial charge in [0.15, 0.2) is 0 Å². The number of hydrogen-bond acceptors (Lipinski definition) is 2. The average Bonchev–Trinajstić information content (AvgIpc) is 2.75. The summed E-state index contributed by atoms with van der Waals surface area (Å²) in [6.45, 7) is 1.38. The molecule has 0 aliphatic heterocycles. The van der Waals surface area contributed by atoms with Gasteiger partial charge in [0.05, 0.1) is 0 Å². The monoisotopic (exact) mass is 244 g/mol. The molecule has 0 aromatic heterocycles. The van der Waals surface area contributed by atoms with Crippen molar-refractivity contribution in [1.82, 2.24) is 0 Å². The van der Waals surface area contributed by atoms with Crippen LogP contribution in [0.3, 0.4) is 0 Å². The summed E-state index contributed by atoms with van der Waals surface area (Å²) >= 11 is 0. The van der Waals surface area contributed by atoms with Crippen molar-refractivity contribution in [3.8, 4) is 5.75 Å². The normalized spacial score (nSPS) is 8.07. The zero-order chi connectivity index (χ0) is 10.2. The molecule has 0 aliphatic rings. The topological polar surface area (TPSA) is 26.3 Å². The Morgan fingerprint density at radius 1 is 1.20 bits per heavy atom. The van der Waals surface area contributed by atoms with Gasteiger partial charge in [-0.3, -0.25) is 4.79 Å². The van der Waals surface area contributed by atoms with E-state index in [1.165, 1.54) is 6.92 Å². The van der Waals surface area contributed by atoms with Crippen molar-refractivity contribution in [2.75, 3.05) is 0 Å². The van der Waals surface area contributed by atoms with Gasteiger partial charge in [-0.05, 0) is 0 Å². The van der Waals surface area contributed by atoms with E-state index in [2.05, 4.69) is 0 Å². The smallest absolute Gasteiger partial charge is 0.454 e. The Hall–Kier alpha value is -1.31. The van der Waals surface area contributed by atoms with E-state index in [4.69, 9.17) is 4.74 Å². The van der Waals surface area contributed by atoms with Crippen molar-refractivity contribution in [2.45, 2.75) is 6.92 Å². The first kappa shape index (κ1) is 13.7. The first-order valence-corrected chi connectivity index (χ1v) is 4.36. The molecule has 0 spiro atoms. The van der Waals surface area contributed by atoms with E-state index in [1.54, 1.807) is 12.1 Å². The summed E-state index contributed by atoms with van der Waals surface area (Å²) in [7, 11) is 0. The molecule has 0 fully saturated rings. The number of esters is 1. The molecule has 0 amide bonds. The van der Waals surface area contributed by atoms with Crippen molar-refractivity contribution >= 4 is 5.97 Å². The zero-order valence-electron chi connectivity index (χ0n) is 8.37. The second-order valence-corrected chi connectivity index (χ2v) is 2.68. The summed E-state index contributed by atoms with van der Waals surface area (Å²) in [4.78, 5) is 10.3. The summed E-state index contributed by atoms with van der Waals surface area (Å²) in [5, 5.41) is 0. The van der Waals surface area contributed by atoms with E-state index in [1.807, 2.05) is 42.5 Å². The van der Waals surface area contributed by atoms with Crippen molar-refractivity contribution in [3.63, 3.8) is 0 Å². The van der Waals surface area contributed by atoms with Gasteiger partial charge in [-0.2, -0.15) is 30.3 Å². The Kier molecular flexibility index (Phi) is 7.33. The van der Waals surface area contributed by atoms with Gasteiger partial charge in [-0.25, -0.2) is 18.2 Å². The van der Waals surface area contributed by atoms with E-state index in [-0.39, 0.29) is 23.0 Å². The Balaban J connectivity index is 0.000000280. The molecule has 0 N–H and O–H groups in total.